The summed E-state index contributed by atoms with van der Waals surface area (Å²) >= 11 is 0. The molecule has 18 heavy (non-hydrogen) atoms. The normalized spacial score (nSPS) is 10.1. The van der Waals surface area contributed by atoms with Gasteiger partial charge in [-0.3, -0.25) is 4.68 Å². The van der Waals surface area contributed by atoms with Crippen LogP contribution in [0.1, 0.15) is 21.5 Å². The Hall–Kier alpha value is -2.36. The number of nitrogens with zero attached hydrogens (tertiary/aromatic N) is 2. The van der Waals surface area contributed by atoms with Crippen molar-refractivity contribution in [3.8, 4) is 0 Å². The fourth-order valence-electron chi connectivity index (χ4n) is 1.74. The van der Waals surface area contributed by atoms with Crippen LogP contribution in [0.25, 0.3) is 6.08 Å². The summed E-state index contributed by atoms with van der Waals surface area (Å²) in [5, 5.41) is 4.15. The number of ether oxygens (including phenoxy) is 1. The highest BCUT2D eigenvalue weighted by Crippen LogP contribution is 2.15. The Morgan fingerprint density at radius 2 is 2.39 bits per heavy atom. The molecule has 0 unspecified atom stereocenters. The van der Waals surface area contributed by atoms with E-state index in [2.05, 4.69) is 11.7 Å². The van der Waals surface area contributed by atoms with Gasteiger partial charge in [0.15, 0.2) is 0 Å². The number of rotatable bonds is 4. The average Bonchev–Trinajstić information content (AvgIpc) is 2.91. The number of carbonyl (C=O) groups excluding carboxylic acids is 1. The second kappa shape index (κ2) is 5.31. The van der Waals surface area contributed by atoms with E-state index in [-0.39, 0.29) is 5.97 Å². The minimum Gasteiger partial charge on any atom is -0.465 e. The van der Waals surface area contributed by atoms with E-state index in [0.717, 1.165) is 11.1 Å². The van der Waals surface area contributed by atoms with Gasteiger partial charge < -0.3 is 4.74 Å². The van der Waals surface area contributed by atoms with Crippen LogP contribution < -0.4 is 0 Å². The first-order chi connectivity index (χ1) is 8.74. The van der Waals surface area contributed by atoms with Crippen LogP contribution in [0.5, 0.6) is 0 Å². The van der Waals surface area contributed by atoms with E-state index >= 15 is 0 Å². The number of hydrogen-bond acceptors (Lipinski definition) is 3. The van der Waals surface area contributed by atoms with Gasteiger partial charge in [0.25, 0.3) is 0 Å². The highest BCUT2D eigenvalue weighted by Gasteiger charge is 2.08. The van der Waals surface area contributed by atoms with E-state index in [9.17, 15) is 4.79 Å². The highest BCUT2D eigenvalue weighted by atomic mass is 16.5. The van der Waals surface area contributed by atoms with Crippen LogP contribution in [0.15, 0.2) is 43.2 Å². The second-order valence-corrected chi connectivity index (χ2v) is 3.81. The fourth-order valence-corrected chi connectivity index (χ4v) is 1.74. The molecule has 2 rings (SSSR count). The van der Waals surface area contributed by atoms with Gasteiger partial charge in [-0.05, 0) is 29.3 Å². The van der Waals surface area contributed by atoms with Crippen molar-refractivity contribution in [3.05, 3.63) is 59.9 Å². The van der Waals surface area contributed by atoms with Crippen molar-refractivity contribution in [1.29, 1.82) is 0 Å². The van der Waals surface area contributed by atoms with Gasteiger partial charge in [-0.2, -0.15) is 5.10 Å². The number of benzene rings is 1. The second-order valence-electron chi connectivity index (χ2n) is 3.81. The molecule has 0 aliphatic rings. The van der Waals surface area contributed by atoms with E-state index in [1.165, 1.54) is 7.11 Å². The summed E-state index contributed by atoms with van der Waals surface area (Å²) in [6.45, 7) is 4.41. The molecule has 0 saturated carbocycles. The molecule has 92 valence electrons. The molecule has 0 aliphatic heterocycles. The first-order valence-electron chi connectivity index (χ1n) is 5.55. The molecule has 0 saturated heterocycles. The molecule has 0 radical (unpaired) electrons. The van der Waals surface area contributed by atoms with Gasteiger partial charge in [0.1, 0.15) is 0 Å². The van der Waals surface area contributed by atoms with Gasteiger partial charge in [0, 0.05) is 12.4 Å². The van der Waals surface area contributed by atoms with E-state index in [4.69, 9.17) is 4.74 Å². The predicted molar refractivity (Wildman–Crippen MR) is 69.2 cm³/mol. The van der Waals surface area contributed by atoms with Gasteiger partial charge in [-0.25, -0.2) is 4.79 Å². The zero-order valence-electron chi connectivity index (χ0n) is 10.2. The monoisotopic (exact) mass is 242 g/mol. The van der Waals surface area contributed by atoms with E-state index in [0.29, 0.717) is 12.1 Å². The Balaban J connectivity index is 2.31. The molecular weight excluding hydrogens is 228 g/mol. The molecule has 0 aliphatic carbocycles. The molecular formula is C14H14N2O2. The van der Waals surface area contributed by atoms with E-state index in [1.807, 2.05) is 23.0 Å². The van der Waals surface area contributed by atoms with Crippen LogP contribution in [0.3, 0.4) is 0 Å². The Morgan fingerprint density at radius 3 is 3.00 bits per heavy atom. The van der Waals surface area contributed by atoms with Gasteiger partial charge in [0.2, 0.25) is 0 Å². The molecule has 0 N–H and O–H groups in total. The van der Waals surface area contributed by atoms with E-state index < -0.39 is 0 Å². The first-order valence-corrected chi connectivity index (χ1v) is 5.55. The van der Waals surface area contributed by atoms with Crippen molar-refractivity contribution in [2.24, 2.45) is 0 Å². The zero-order chi connectivity index (χ0) is 13.0. The Labute approximate surface area is 106 Å². The SMILES string of the molecule is C=Cc1cc(C(=O)OC)ccc1Cn1cccn1. The van der Waals surface area contributed by atoms with Crippen molar-refractivity contribution >= 4 is 12.0 Å². The highest BCUT2D eigenvalue weighted by molar-refractivity contribution is 5.90. The van der Waals surface area contributed by atoms with Crippen molar-refractivity contribution < 1.29 is 9.53 Å². The lowest BCUT2D eigenvalue weighted by Gasteiger charge is -2.08. The fraction of sp³-hybridized carbons (Fsp3) is 0.143. The molecule has 0 amide bonds. The maximum Gasteiger partial charge on any atom is 0.337 e. The summed E-state index contributed by atoms with van der Waals surface area (Å²) in [5.74, 6) is -0.344. The topological polar surface area (TPSA) is 44.1 Å². The summed E-state index contributed by atoms with van der Waals surface area (Å²) < 4.78 is 6.51. The van der Waals surface area contributed by atoms with Crippen LogP contribution in [-0.2, 0) is 11.3 Å². The third-order valence-electron chi connectivity index (χ3n) is 2.68. The lowest BCUT2D eigenvalue weighted by Crippen LogP contribution is -2.05. The molecule has 1 heterocycles. The largest absolute Gasteiger partial charge is 0.465 e. The van der Waals surface area contributed by atoms with E-state index in [1.54, 1.807) is 24.4 Å². The van der Waals surface area contributed by atoms with Crippen LogP contribution in [0.4, 0.5) is 0 Å². The molecule has 0 fully saturated rings. The Morgan fingerprint density at radius 1 is 1.56 bits per heavy atom. The summed E-state index contributed by atoms with van der Waals surface area (Å²) in [6, 6.07) is 7.29. The summed E-state index contributed by atoms with van der Waals surface area (Å²) in [4.78, 5) is 11.4. The maximum absolute atomic E-state index is 11.4. The molecule has 4 nitrogen and oxygen atoms in total. The number of aromatic nitrogens is 2. The number of carbonyl (C=O) groups is 1. The molecule has 2 aromatic rings. The minimum absolute atomic E-state index is 0.344. The van der Waals surface area contributed by atoms with Crippen molar-refractivity contribution in [2.75, 3.05) is 7.11 Å². The Kier molecular flexibility index (Phi) is 3.57. The number of hydrogen-bond donors (Lipinski definition) is 0. The molecule has 1 aromatic carbocycles. The predicted octanol–water partition coefficient (Wildman–Crippen LogP) is 2.36. The molecule has 0 spiro atoms. The summed E-state index contributed by atoms with van der Waals surface area (Å²) in [7, 11) is 1.37. The summed E-state index contributed by atoms with van der Waals surface area (Å²) in [5.41, 5.74) is 2.49. The summed E-state index contributed by atoms with van der Waals surface area (Å²) in [6.07, 6.45) is 5.35. The van der Waals surface area contributed by atoms with Crippen molar-refractivity contribution in [1.82, 2.24) is 9.78 Å². The average molecular weight is 242 g/mol. The van der Waals surface area contributed by atoms with Gasteiger partial charge in [-0.15, -0.1) is 0 Å². The van der Waals surface area contributed by atoms with Crippen LogP contribution in [0.2, 0.25) is 0 Å². The quantitative estimate of drug-likeness (QED) is 0.773. The minimum atomic E-state index is -0.344. The lowest BCUT2D eigenvalue weighted by atomic mass is 10.0. The van der Waals surface area contributed by atoms with Crippen molar-refractivity contribution in [3.63, 3.8) is 0 Å². The maximum atomic E-state index is 11.4. The molecule has 0 atom stereocenters. The van der Waals surface area contributed by atoms with Gasteiger partial charge in [0.05, 0.1) is 19.2 Å². The zero-order valence-corrected chi connectivity index (χ0v) is 10.2. The third kappa shape index (κ3) is 2.48. The van der Waals surface area contributed by atoms with Crippen LogP contribution >= 0.6 is 0 Å². The smallest absolute Gasteiger partial charge is 0.337 e. The van der Waals surface area contributed by atoms with Crippen LogP contribution in [0, 0.1) is 0 Å². The number of esters is 1. The van der Waals surface area contributed by atoms with Gasteiger partial charge in [-0.1, -0.05) is 18.7 Å². The molecule has 0 bridgehead atoms. The Bertz CT molecular complexity index is 559. The lowest BCUT2D eigenvalue weighted by molar-refractivity contribution is 0.0600. The van der Waals surface area contributed by atoms with Gasteiger partial charge >= 0.3 is 5.97 Å². The third-order valence-corrected chi connectivity index (χ3v) is 2.68. The van der Waals surface area contributed by atoms with Crippen molar-refractivity contribution in [2.45, 2.75) is 6.54 Å². The number of methoxy groups -OCH3 is 1. The molecule has 1 aromatic heterocycles. The standard InChI is InChI=1S/C14H14N2O2/c1-3-11-9-12(14(17)18-2)5-6-13(11)10-16-8-4-7-15-16/h3-9H,1,10H2,2H3. The molecule has 4 heteroatoms. The van der Waals surface area contributed by atoms with Crippen LogP contribution in [-0.4, -0.2) is 22.9 Å². The first kappa shape index (κ1) is 12.1.